The molecule has 1 aliphatic rings. The van der Waals surface area contributed by atoms with Crippen LogP contribution < -0.4 is 15.4 Å². The highest BCUT2D eigenvalue weighted by molar-refractivity contribution is 5.89. The van der Waals surface area contributed by atoms with Crippen molar-refractivity contribution in [1.82, 2.24) is 10.5 Å². The molecule has 1 amide bonds. The summed E-state index contributed by atoms with van der Waals surface area (Å²) in [6.45, 7) is 2.47. The maximum absolute atomic E-state index is 13.1. The number of hydrogen-bond acceptors (Lipinski definition) is 5. The lowest BCUT2D eigenvalue weighted by atomic mass is 9.80. The number of carbonyl (C=O) groups is 1. The fourth-order valence-corrected chi connectivity index (χ4v) is 3.66. The van der Waals surface area contributed by atoms with Crippen molar-refractivity contribution in [2.24, 2.45) is 0 Å². The molecule has 1 saturated carbocycles. The molecule has 0 spiro atoms. The van der Waals surface area contributed by atoms with Crippen molar-refractivity contribution in [1.29, 1.82) is 0 Å². The van der Waals surface area contributed by atoms with Gasteiger partial charge in [-0.05, 0) is 43.5 Å². The second kappa shape index (κ2) is 8.93. The van der Waals surface area contributed by atoms with Crippen LogP contribution in [0.1, 0.15) is 56.9 Å². The predicted octanol–water partition coefficient (Wildman–Crippen LogP) is 4.07. The Kier molecular flexibility index (Phi) is 6.37. The zero-order chi connectivity index (χ0) is 19.1. The van der Waals surface area contributed by atoms with Crippen LogP contribution in [0.4, 0.5) is 5.69 Å². The van der Waals surface area contributed by atoms with Gasteiger partial charge >= 0.3 is 0 Å². The normalized spacial score (nSPS) is 15.9. The van der Waals surface area contributed by atoms with Crippen molar-refractivity contribution < 1.29 is 14.1 Å². The minimum Gasteiger partial charge on any atom is -0.497 e. The number of nitrogens with zero attached hydrogens (tertiary/aromatic N) is 1. The van der Waals surface area contributed by atoms with Crippen molar-refractivity contribution in [3.63, 3.8) is 0 Å². The average molecular weight is 371 g/mol. The average Bonchev–Trinajstić information content (AvgIpc) is 3.15. The van der Waals surface area contributed by atoms with Crippen LogP contribution in [-0.4, -0.2) is 23.7 Å². The quantitative estimate of drug-likeness (QED) is 0.732. The van der Waals surface area contributed by atoms with Gasteiger partial charge < -0.3 is 19.9 Å². The molecule has 6 heteroatoms. The van der Waals surface area contributed by atoms with E-state index in [9.17, 15) is 4.79 Å². The Labute approximate surface area is 160 Å². The van der Waals surface area contributed by atoms with Gasteiger partial charge in [-0.25, -0.2) is 0 Å². The first-order valence-corrected chi connectivity index (χ1v) is 9.80. The van der Waals surface area contributed by atoms with Crippen LogP contribution in [-0.2, 0) is 17.8 Å². The highest BCUT2D eigenvalue weighted by Gasteiger charge is 2.39. The van der Waals surface area contributed by atoms with Crippen LogP contribution in [0.2, 0.25) is 0 Å². The van der Waals surface area contributed by atoms with Gasteiger partial charge in [0.05, 0.1) is 19.3 Å². The van der Waals surface area contributed by atoms with E-state index in [4.69, 9.17) is 9.26 Å². The topological polar surface area (TPSA) is 76.4 Å². The van der Waals surface area contributed by atoms with E-state index in [-0.39, 0.29) is 5.91 Å². The maximum atomic E-state index is 13.1. The van der Waals surface area contributed by atoms with Crippen molar-refractivity contribution in [2.75, 3.05) is 12.4 Å². The molecular formula is C21H29N3O3. The summed E-state index contributed by atoms with van der Waals surface area (Å²) in [5, 5.41) is 10.6. The van der Waals surface area contributed by atoms with Gasteiger partial charge in [-0.1, -0.05) is 37.8 Å². The van der Waals surface area contributed by atoms with Crippen LogP contribution >= 0.6 is 0 Å². The Bertz CT molecular complexity index is 733. The second-order valence-corrected chi connectivity index (χ2v) is 7.21. The maximum Gasteiger partial charge on any atom is 0.246 e. The molecule has 0 bridgehead atoms. The number of aryl methyl sites for hydroxylation is 1. The van der Waals surface area contributed by atoms with Gasteiger partial charge in [-0.3, -0.25) is 4.79 Å². The summed E-state index contributed by atoms with van der Waals surface area (Å²) in [6, 6.07) is 9.64. The third-order valence-electron chi connectivity index (χ3n) is 5.15. The molecule has 0 atom stereocenters. The molecule has 146 valence electrons. The van der Waals surface area contributed by atoms with E-state index in [1.54, 1.807) is 7.11 Å². The third kappa shape index (κ3) is 4.81. The van der Waals surface area contributed by atoms with E-state index in [1.165, 1.54) is 6.42 Å². The molecular weight excluding hydrogens is 342 g/mol. The Morgan fingerprint density at radius 2 is 1.96 bits per heavy atom. The number of benzene rings is 1. The molecule has 1 fully saturated rings. The van der Waals surface area contributed by atoms with Gasteiger partial charge in [-0.15, -0.1) is 0 Å². The second-order valence-electron chi connectivity index (χ2n) is 7.21. The first kappa shape index (κ1) is 19.3. The molecule has 0 unspecified atom stereocenters. The van der Waals surface area contributed by atoms with Gasteiger partial charge in [0.15, 0.2) is 5.76 Å². The number of methoxy groups -OCH3 is 1. The molecule has 2 N–H and O–H groups in total. The van der Waals surface area contributed by atoms with Gasteiger partial charge in [0, 0.05) is 11.8 Å². The minimum absolute atomic E-state index is 0.0199. The molecule has 1 aliphatic carbocycles. The van der Waals surface area contributed by atoms with Crippen molar-refractivity contribution in [3.05, 3.63) is 41.8 Å². The summed E-state index contributed by atoms with van der Waals surface area (Å²) >= 11 is 0. The van der Waals surface area contributed by atoms with Crippen molar-refractivity contribution in [2.45, 2.75) is 64.0 Å². The highest BCUT2D eigenvalue weighted by Crippen LogP contribution is 2.32. The first-order chi connectivity index (χ1) is 13.1. The molecule has 0 radical (unpaired) electrons. The van der Waals surface area contributed by atoms with Gasteiger partial charge in [0.2, 0.25) is 5.91 Å². The zero-order valence-electron chi connectivity index (χ0n) is 16.2. The number of nitrogens with one attached hydrogen (secondary N) is 2. The lowest BCUT2D eigenvalue weighted by Crippen LogP contribution is -2.53. The lowest BCUT2D eigenvalue weighted by Gasteiger charge is -2.37. The van der Waals surface area contributed by atoms with E-state index in [0.717, 1.165) is 55.7 Å². The number of anilines is 1. The van der Waals surface area contributed by atoms with Crippen LogP contribution in [0.25, 0.3) is 0 Å². The summed E-state index contributed by atoms with van der Waals surface area (Å²) in [4.78, 5) is 13.1. The number of hydrogen-bond donors (Lipinski definition) is 2. The summed E-state index contributed by atoms with van der Waals surface area (Å²) in [7, 11) is 1.65. The van der Waals surface area contributed by atoms with Crippen LogP contribution in [0.3, 0.4) is 0 Å². The van der Waals surface area contributed by atoms with E-state index >= 15 is 0 Å². The largest absolute Gasteiger partial charge is 0.497 e. The van der Waals surface area contributed by atoms with Crippen LogP contribution in [0.15, 0.2) is 34.9 Å². The molecule has 1 heterocycles. The van der Waals surface area contributed by atoms with E-state index in [1.807, 2.05) is 30.3 Å². The predicted molar refractivity (Wildman–Crippen MR) is 105 cm³/mol. The number of aromatic nitrogens is 1. The lowest BCUT2D eigenvalue weighted by molar-refractivity contribution is -0.126. The summed E-state index contributed by atoms with van der Waals surface area (Å²) in [5.74, 6) is 1.52. The molecule has 0 aliphatic heterocycles. The summed E-state index contributed by atoms with van der Waals surface area (Å²) < 4.78 is 10.5. The molecule has 3 rings (SSSR count). The van der Waals surface area contributed by atoms with Gasteiger partial charge in [-0.2, -0.15) is 0 Å². The monoisotopic (exact) mass is 371 g/mol. The minimum atomic E-state index is -0.584. The number of amides is 1. The van der Waals surface area contributed by atoms with Crippen molar-refractivity contribution >= 4 is 11.6 Å². The Hall–Kier alpha value is -2.50. The van der Waals surface area contributed by atoms with Gasteiger partial charge in [0.1, 0.15) is 11.3 Å². The zero-order valence-corrected chi connectivity index (χ0v) is 16.2. The summed E-state index contributed by atoms with van der Waals surface area (Å²) in [5.41, 5.74) is 1.28. The molecule has 6 nitrogen and oxygen atoms in total. The Balaban J connectivity index is 1.67. The fraction of sp³-hybridized carbons (Fsp3) is 0.524. The van der Waals surface area contributed by atoms with E-state index in [0.29, 0.717) is 12.3 Å². The molecule has 0 saturated heterocycles. The molecule has 1 aromatic carbocycles. The van der Waals surface area contributed by atoms with Crippen molar-refractivity contribution in [3.8, 4) is 5.75 Å². The Morgan fingerprint density at radius 3 is 2.63 bits per heavy atom. The van der Waals surface area contributed by atoms with Gasteiger partial charge in [0.25, 0.3) is 0 Å². The van der Waals surface area contributed by atoms with E-state index < -0.39 is 5.54 Å². The number of carbonyl (C=O) groups excluding carboxylic acids is 1. The standard InChI is InChI=1S/C21H29N3O3/c1-3-7-17-14-19(27-24-17)15-22-20(25)21(12-5-4-6-13-21)23-16-8-10-18(26-2)11-9-16/h8-11,14,23H,3-7,12-13,15H2,1-2H3,(H,22,25). The molecule has 2 aromatic rings. The first-order valence-electron chi connectivity index (χ1n) is 9.80. The van der Waals surface area contributed by atoms with Crippen LogP contribution in [0.5, 0.6) is 5.75 Å². The number of rotatable bonds is 8. The highest BCUT2D eigenvalue weighted by atomic mass is 16.5. The third-order valence-corrected chi connectivity index (χ3v) is 5.15. The fourth-order valence-electron chi connectivity index (χ4n) is 3.66. The molecule has 27 heavy (non-hydrogen) atoms. The number of ether oxygens (including phenoxy) is 1. The van der Waals surface area contributed by atoms with E-state index in [2.05, 4.69) is 22.7 Å². The SMILES string of the molecule is CCCc1cc(CNC(=O)C2(Nc3ccc(OC)cc3)CCCCC2)on1. The smallest absolute Gasteiger partial charge is 0.246 e. The molecule has 1 aromatic heterocycles. The van der Waals surface area contributed by atoms with Crippen LogP contribution in [0, 0.1) is 0 Å². The Morgan fingerprint density at radius 1 is 1.22 bits per heavy atom. The summed E-state index contributed by atoms with van der Waals surface area (Å²) in [6.07, 6.45) is 6.80.